The fourth-order valence-electron chi connectivity index (χ4n) is 2.79. The number of hydrogen-bond donors (Lipinski definition) is 2. The van der Waals surface area contributed by atoms with Crippen LogP contribution >= 0.6 is 0 Å². The Hall–Kier alpha value is -0.500. The Morgan fingerprint density at radius 1 is 1.05 bits per heavy atom. The number of alkyl halides is 6. The Labute approximate surface area is 107 Å². The Morgan fingerprint density at radius 2 is 1.63 bits per heavy atom. The lowest BCUT2D eigenvalue weighted by Gasteiger charge is -2.38. The quantitative estimate of drug-likeness (QED) is 0.472. The summed E-state index contributed by atoms with van der Waals surface area (Å²) in [4.78, 5) is 0. The largest absolute Gasteiger partial charge is 0.392 e. The van der Waals surface area contributed by atoms with E-state index in [0.29, 0.717) is 12.8 Å². The lowest BCUT2D eigenvalue weighted by molar-refractivity contribution is -0.200. The summed E-state index contributed by atoms with van der Waals surface area (Å²) in [7, 11) is 0. The van der Waals surface area contributed by atoms with Gasteiger partial charge in [-0.2, -0.15) is 26.3 Å². The van der Waals surface area contributed by atoms with Crippen LogP contribution in [0.2, 0.25) is 0 Å². The van der Waals surface area contributed by atoms with Crippen molar-refractivity contribution in [3.05, 3.63) is 0 Å². The summed E-state index contributed by atoms with van der Waals surface area (Å²) in [5.74, 6) is 2.72. The molecule has 1 saturated carbocycles. The summed E-state index contributed by atoms with van der Waals surface area (Å²) in [6, 6.07) is -0.950. The van der Waals surface area contributed by atoms with E-state index in [1.807, 2.05) is 0 Å². The molecule has 3 N–H and O–H groups in total. The van der Waals surface area contributed by atoms with Gasteiger partial charge in [-0.1, -0.05) is 12.8 Å². The third-order valence-corrected chi connectivity index (χ3v) is 3.71. The molecule has 3 unspecified atom stereocenters. The molecule has 1 aliphatic rings. The van der Waals surface area contributed by atoms with Crippen molar-refractivity contribution in [2.75, 3.05) is 0 Å². The van der Waals surface area contributed by atoms with Gasteiger partial charge in [-0.25, -0.2) is 0 Å². The fourth-order valence-corrected chi connectivity index (χ4v) is 2.79. The van der Waals surface area contributed by atoms with Gasteiger partial charge in [-0.15, -0.1) is 0 Å². The molecule has 19 heavy (non-hydrogen) atoms. The highest BCUT2D eigenvalue weighted by Crippen LogP contribution is 2.43. The van der Waals surface area contributed by atoms with E-state index >= 15 is 0 Å². The Balaban J connectivity index is 2.70. The zero-order valence-electron chi connectivity index (χ0n) is 10.3. The van der Waals surface area contributed by atoms with Crippen LogP contribution in [0, 0.1) is 11.8 Å². The minimum atomic E-state index is -4.38. The molecule has 0 radical (unpaired) electrons. The van der Waals surface area contributed by atoms with Crippen molar-refractivity contribution < 1.29 is 26.3 Å². The average Bonchev–Trinajstić information content (AvgIpc) is 2.27. The van der Waals surface area contributed by atoms with Gasteiger partial charge < -0.3 is 0 Å². The molecule has 114 valence electrons. The molecule has 2 nitrogen and oxygen atoms in total. The van der Waals surface area contributed by atoms with Crippen LogP contribution in [0.4, 0.5) is 26.3 Å². The molecule has 1 rings (SSSR count). The zero-order chi connectivity index (χ0) is 14.7. The van der Waals surface area contributed by atoms with E-state index in [1.54, 1.807) is 0 Å². The maximum absolute atomic E-state index is 12.9. The first kappa shape index (κ1) is 16.6. The first-order valence-corrected chi connectivity index (χ1v) is 6.24. The molecule has 0 aliphatic heterocycles. The first-order valence-electron chi connectivity index (χ1n) is 6.24. The summed E-state index contributed by atoms with van der Waals surface area (Å²) in [6.07, 6.45) is -9.01. The van der Waals surface area contributed by atoms with E-state index in [9.17, 15) is 26.3 Å². The highest BCUT2D eigenvalue weighted by atomic mass is 19.4. The van der Waals surface area contributed by atoms with Gasteiger partial charge in [-0.3, -0.25) is 11.3 Å². The lowest BCUT2D eigenvalue weighted by atomic mass is 9.74. The highest BCUT2D eigenvalue weighted by Gasteiger charge is 2.48. The van der Waals surface area contributed by atoms with Crippen molar-refractivity contribution in [2.24, 2.45) is 17.7 Å². The summed E-state index contributed by atoms with van der Waals surface area (Å²) in [5, 5.41) is 0. The Kier molecular flexibility index (Phi) is 5.49. The predicted molar refractivity (Wildman–Crippen MR) is 57.9 cm³/mol. The topological polar surface area (TPSA) is 38.0 Å². The van der Waals surface area contributed by atoms with E-state index in [0.717, 1.165) is 0 Å². The van der Waals surface area contributed by atoms with E-state index in [4.69, 9.17) is 5.84 Å². The van der Waals surface area contributed by atoms with Gasteiger partial charge in [0.05, 0.1) is 5.92 Å². The van der Waals surface area contributed by atoms with Crippen molar-refractivity contribution in [1.82, 2.24) is 5.43 Å². The average molecular weight is 292 g/mol. The summed E-state index contributed by atoms with van der Waals surface area (Å²) >= 11 is 0. The molecule has 0 bridgehead atoms. The summed E-state index contributed by atoms with van der Waals surface area (Å²) in [6.45, 7) is 0. The van der Waals surface area contributed by atoms with Gasteiger partial charge >= 0.3 is 12.4 Å². The smallest absolute Gasteiger partial charge is 0.271 e. The van der Waals surface area contributed by atoms with E-state index < -0.39 is 43.1 Å². The molecule has 0 aromatic heterocycles. The molecule has 3 atom stereocenters. The van der Waals surface area contributed by atoms with Gasteiger partial charge in [0, 0.05) is 12.5 Å². The van der Waals surface area contributed by atoms with E-state index in [1.165, 1.54) is 0 Å². The number of nitrogens with two attached hydrogens (primary N) is 1. The fraction of sp³-hybridized carbons (Fsp3) is 1.00. The molecule has 0 aromatic rings. The van der Waals surface area contributed by atoms with Gasteiger partial charge in [0.25, 0.3) is 0 Å². The first-order chi connectivity index (χ1) is 8.65. The monoisotopic (exact) mass is 292 g/mol. The van der Waals surface area contributed by atoms with E-state index in [2.05, 4.69) is 5.43 Å². The second kappa shape index (κ2) is 6.30. The van der Waals surface area contributed by atoms with Crippen LogP contribution in [0.25, 0.3) is 0 Å². The highest BCUT2D eigenvalue weighted by molar-refractivity contribution is 4.88. The van der Waals surface area contributed by atoms with Crippen LogP contribution in [-0.4, -0.2) is 18.4 Å². The van der Waals surface area contributed by atoms with Crippen LogP contribution in [0.5, 0.6) is 0 Å². The normalized spacial score (nSPS) is 27.3. The molecular weight excluding hydrogens is 274 g/mol. The molecule has 0 heterocycles. The lowest BCUT2D eigenvalue weighted by Crippen LogP contribution is -2.48. The molecule has 1 aliphatic carbocycles. The molecule has 0 amide bonds. The van der Waals surface area contributed by atoms with Crippen molar-refractivity contribution in [1.29, 1.82) is 0 Å². The minimum absolute atomic E-state index is 0.0294. The number of nitrogens with one attached hydrogen (secondary N) is 1. The van der Waals surface area contributed by atoms with Crippen LogP contribution in [0.3, 0.4) is 0 Å². The van der Waals surface area contributed by atoms with Crippen LogP contribution in [0.1, 0.15) is 38.5 Å². The van der Waals surface area contributed by atoms with Gasteiger partial charge in [0.1, 0.15) is 0 Å². The molecule has 8 heteroatoms. The van der Waals surface area contributed by atoms with Crippen molar-refractivity contribution >= 4 is 0 Å². The number of hydrazine groups is 1. The van der Waals surface area contributed by atoms with Crippen molar-refractivity contribution in [3.63, 3.8) is 0 Å². The van der Waals surface area contributed by atoms with E-state index in [-0.39, 0.29) is 12.8 Å². The number of rotatable bonds is 4. The Bertz CT molecular complexity index is 275. The second-order valence-corrected chi connectivity index (χ2v) is 5.02. The predicted octanol–water partition coefficient (Wildman–Crippen LogP) is 3.53. The molecular formula is C11H18F6N2. The number of hydrogen-bond acceptors (Lipinski definition) is 2. The zero-order valence-corrected chi connectivity index (χ0v) is 10.3. The molecule has 1 fully saturated rings. The standard InChI is InChI=1S/C11H18F6N2/c12-10(13,14)6-5-9(19-18)7-3-1-2-4-8(7)11(15,16)17/h7-9,19H,1-6,18H2. The van der Waals surface area contributed by atoms with Gasteiger partial charge in [0.15, 0.2) is 0 Å². The van der Waals surface area contributed by atoms with Crippen LogP contribution < -0.4 is 11.3 Å². The second-order valence-electron chi connectivity index (χ2n) is 5.02. The third-order valence-electron chi connectivity index (χ3n) is 3.71. The molecule has 0 saturated heterocycles. The third kappa shape index (κ3) is 5.18. The summed E-state index contributed by atoms with van der Waals surface area (Å²) in [5.41, 5.74) is 2.15. The van der Waals surface area contributed by atoms with Crippen molar-refractivity contribution in [2.45, 2.75) is 56.9 Å². The summed E-state index contributed by atoms with van der Waals surface area (Å²) < 4.78 is 75.1. The SMILES string of the molecule is NNC(CCC(F)(F)F)C1CCCCC1C(F)(F)F. The molecule has 0 spiro atoms. The van der Waals surface area contributed by atoms with Gasteiger partial charge in [0.2, 0.25) is 0 Å². The minimum Gasteiger partial charge on any atom is -0.271 e. The van der Waals surface area contributed by atoms with Crippen LogP contribution in [-0.2, 0) is 0 Å². The molecule has 0 aromatic carbocycles. The maximum atomic E-state index is 12.9. The van der Waals surface area contributed by atoms with Gasteiger partial charge in [-0.05, 0) is 25.2 Å². The van der Waals surface area contributed by atoms with Crippen LogP contribution in [0.15, 0.2) is 0 Å². The maximum Gasteiger partial charge on any atom is 0.392 e. The number of halogens is 6. The van der Waals surface area contributed by atoms with Crippen molar-refractivity contribution in [3.8, 4) is 0 Å². The Morgan fingerprint density at radius 3 is 2.11 bits per heavy atom.